The van der Waals surface area contributed by atoms with E-state index < -0.39 is 0 Å². The molecule has 0 unspecified atom stereocenters. The minimum atomic E-state index is -0.300. The van der Waals surface area contributed by atoms with E-state index in [0.717, 1.165) is 9.90 Å². The highest BCUT2D eigenvalue weighted by atomic mass is 32.2. The van der Waals surface area contributed by atoms with Gasteiger partial charge in [0.2, 0.25) is 11.0 Å². The van der Waals surface area contributed by atoms with E-state index in [2.05, 4.69) is 22.1 Å². The molecule has 0 bridgehead atoms. The van der Waals surface area contributed by atoms with Crippen LogP contribution in [0.5, 0.6) is 0 Å². The van der Waals surface area contributed by atoms with Gasteiger partial charge in [0.25, 0.3) is 0 Å². The molecule has 0 radical (unpaired) electrons. The normalized spacial score (nSPS) is 10.3. The molecule has 0 aliphatic heterocycles. The van der Waals surface area contributed by atoms with Crippen molar-refractivity contribution in [3.05, 3.63) is 48.3 Å². The Kier molecular flexibility index (Phi) is 6.54. The van der Waals surface area contributed by atoms with Gasteiger partial charge < -0.3 is 10.2 Å². The van der Waals surface area contributed by atoms with Gasteiger partial charge >= 0.3 is 0 Å². The van der Waals surface area contributed by atoms with Gasteiger partial charge in [-0.3, -0.25) is 4.79 Å². The lowest BCUT2D eigenvalue weighted by Crippen LogP contribution is -2.27. The second kappa shape index (κ2) is 8.64. The Balaban J connectivity index is 1.81. The smallest absolute Gasteiger partial charge is 0.233 e. The summed E-state index contributed by atoms with van der Waals surface area (Å²) in [6, 6.07) is 6.24. The molecule has 0 saturated heterocycles. The summed E-state index contributed by atoms with van der Waals surface area (Å²) in [5.74, 6) is -0.0803. The van der Waals surface area contributed by atoms with Crippen LogP contribution >= 0.6 is 23.1 Å². The van der Waals surface area contributed by atoms with Crippen LogP contribution < -0.4 is 5.32 Å². The molecule has 2 rings (SSSR count). The summed E-state index contributed by atoms with van der Waals surface area (Å²) in [6.45, 7) is 4.61. The number of nitrogens with one attached hydrogen (secondary N) is 1. The molecule has 0 saturated carbocycles. The maximum Gasteiger partial charge on any atom is 0.233 e. The molecular formula is C15H17FN4OS2. The number of thioether (sulfide) groups is 1. The van der Waals surface area contributed by atoms with Crippen molar-refractivity contribution in [2.45, 2.75) is 10.9 Å². The number of rotatable bonds is 8. The van der Waals surface area contributed by atoms with Crippen molar-refractivity contribution in [3.8, 4) is 0 Å². The van der Waals surface area contributed by atoms with Crippen LogP contribution in [-0.4, -0.2) is 40.3 Å². The number of carbonyl (C=O) groups excluding carboxylic acids is 1. The molecule has 1 N–H and O–H groups in total. The molecule has 0 fully saturated rings. The van der Waals surface area contributed by atoms with E-state index in [0.29, 0.717) is 18.2 Å². The van der Waals surface area contributed by atoms with E-state index in [-0.39, 0.29) is 17.5 Å². The molecule has 122 valence electrons. The highest BCUT2D eigenvalue weighted by Gasteiger charge is 2.12. The van der Waals surface area contributed by atoms with Crippen molar-refractivity contribution in [2.75, 3.05) is 24.7 Å². The maximum absolute atomic E-state index is 13.1. The van der Waals surface area contributed by atoms with Crippen LogP contribution in [0.3, 0.4) is 0 Å². The fourth-order valence-corrected chi connectivity index (χ4v) is 3.43. The van der Waals surface area contributed by atoms with Crippen molar-refractivity contribution in [2.24, 2.45) is 0 Å². The van der Waals surface area contributed by atoms with Crippen LogP contribution in [0.4, 0.5) is 9.52 Å². The summed E-state index contributed by atoms with van der Waals surface area (Å²) < 4.78 is 13.9. The number of halogens is 1. The zero-order valence-corrected chi connectivity index (χ0v) is 14.3. The van der Waals surface area contributed by atoms with E-state index in [4.69, 9.17) is 0 Å². The maximum atomic E-state index is 13.1. The number of amides is 1. The summed E-state index contributed by atoms with van der Waals surface area (Å²) in [5, 5.41) is 11.7. The van der Waals surface area contributed by atoms with Crippen molar-refractivity contribution < 1.29 is 9.18 Å². The molecule has 23 heavy (non-hydrogen) atoms. The molecule has 0 atom stereocenters. The third-order valence-corrected chi connectivity index (χ3v) is 4.86. The molecule has 5 nitrogen and oxygen atoms in total. The van der Waals surface area contributed by atoms with Gasteiger partial charge in [-0.25, -0.2) is 4.39 Å². The molecule has 1 amide bonds. The van der Waals surface area contributed by atoms with Gasteiger partial charge in [0.05, 0.1) is 5.75 Å². The average Bonchev–Trinajstić information content (AvgIpc) is 2.98. The Morgan fingerprint density at radius 3 is 3.09 bits per heavy atom. The predicted octanol–water partition coefficient (Wildman–Crippen LogP) is 3.03. The van der Waals surface area contributed by atoms with E-state index in [9.17, 15) is 9.18 Å². The third kappa shape index (κ3) is 5.65. The lowest BCUT2D eigenvalue weighted by molar-refractivity contribution is -0.127. The highest BCUT2D eigenvalue weighted by molar-refractivity contribution is 8.01. The van der Waals surface area contributed by atoms with Crippen LogP contribution in [0, 0.1) is 5.82 Å². The lowest BCUT2D eigenvalue weighted by atomic mass is 10.2. The van der Waals surface area contributed by atoms with Gasteiger partial charge in [0.1, 0.15) is 5.82 Å². The van der Waals surface area contributed by atoms with Crippen LogP contribution in [0.15, 0.2) is 41.3 Å². The second-order valence-corrected chi connectivity index (χ2v) is 6.91. The zero-order valence-electron chi connectivity index (χ0n) is 12.7. The fourth-order valence-electron chi connectivity index (χ4n) is 1.73. The molecular weight excluding hydrogens is 335 g/mol. The first kappa shape index (κ1) is 17.4. The van der Waals surface area contributed by atoms with E-state index in [1.165, 1.54) is 35.2 Å². The lowest BCUT2D eigenvalue weighted by Gasteiger charge is -2.16. The molecule has 0 aliphatic carbocycles. The Morgan fingerprint density at radius 2 is 2.35 bits per heavy atom. The van der Waals surface area contributed by atoms with Crippen LogP contribution in [0.1, 0.15) is 5.56 Å². The number of carbonyl (C=O) groups is 1. The summed E-state index contributed by atoms with van der Waals surface area (Å²) >= 11 is 2.73. The van der Waals surface area contributed by atoms with E-state index >= 15 is 0 Å². The monoisotopic (exact) mass is 352 g/mol. The molecule has 0 aliphatic rings. The summed E-state index contributed by atoms with van der Waals surface area (Å²) in [7, 11) is 1.70. The quantitative estimate of drug-likeness (QED) is 0.585. The Hall–Kier alpha value is -1.93. The first-order valence-electron chi connectivity index (χ1n) is 6.88. The number of anilines is 1. The molecule has 1 aromatic heterocycles. The van der Waals surface area contributed by atoms with Crippen molar-refractivity contribution in [1.29, 1.82) is 0 Å². The summed E-state index contributed by atoms with van der Waals surface area (Å²) in [6.07, 6.45) is 1.74. The van der Waals surface area contributed by atoms with Gasteiger partial charge in [-0.15, -0.1) is 16.8 Å². The number of benzene rings is 1. The third-order valence-electron chi connectivity index (χ3n) is 2.86. The zero-order chi connectivity index (χ0) is 16.7. The van der Waals surface area contributed by atoms with Crippen LogP contribution in [0.25, 0.3) is 0 Å². The SMILES string of the molecule is C=CCNc1nnc(SCC(=O)N(C)Cc2cccc(F)c2)s1. The molecule has 0 spiro atoms. The fraction of sp³-hybridized carbons (Fsp3) is 0.267. The summed E-state index contributed by atoms with van der Waals surface area (Å²) in [4.78, 5) is 13.7. The largest absolute Gasteiger partial charge is 0.357 e. The topological polar surface area (TPSA) is 58.1 Å². The molecule has 8 heteroatoms. The Bertz CT molecular complexity index is 677. The van der Waals surface area contributed by atoms with Gasteiger partial charge in [-0.05, 0) is 17.7 Å². The number of hydrogen-bond donors (Lipinski definition) is 1. The van der Waals surface area contributed by atoms with Crippen molar-refractivity contribution in [3.63, 3.8) is 0 Å². The number of hydrogen-bond acceptors (Lipinski definition) is 6. The Morgan fingerprint density at radius 1 is 1.52 bits per heavy atom. The van der Waals surface area contributed by atoms with Gasteiger partial charge in [0.15, 0.2) is 4.34 Å². The standard InChI is InChI=1S/C15H17FN4OS2/c1-3-7-17-14-18-19-15(23-14)22-10-13(21)20(2)9-11-5-4-6-12(16)8-11/h3-6,8H,1,7,9-10H2,2H3,(H,17,18). The van der Waals surface area contributed by atoms with Gasteiger partial charge in [0, 0.05) is 20.1 Å². The average molecular weight is 352 g/mol. The van der Waals surface area contributed by atoms with Crippen LogP contribution in [0.2, 0.25) is 0 Å². The van der Waals surface area contributed by atoms with Crippen LogP contribution in [-0.2, 0) is 11.3 Å². The van der Waals surface area contributed by atoms with E-state index in [1.54, 1.807) is 30.2 Å². The highest BCUT2D eigenvalue weighted by Crippen LogP contribution is 2.25. The van der Waals surface area contributed by atoms with Crippen molar-refractivity contribution >= 4 is 34.1 Å². The van der Waals surface area contributed by atoms with Gasteiger partial charge in [-0.1, -0.05) is 41.3 Å². The Labute approximate surface area is 142 Å². The first-order chi connectivity index (χ1) is 11.1. The number of aromatic nitrogens is 2. The molecule has 1 heterocycles. The predicted molar refractivity (Wildman–Crippen MR) is 92.2 cm³/mol. The van der Waals surface area contributed by atoms with Crippen molar-refractivity contribution in [1.82, 2.24) is 15.1 Å². The second-order valence-electron chi connectivity index (χ2n) is 4.71. The summed E-state index contributed by atoms with van der Waals surface area (Å²) in [5.41, 5.74) is 0.762. The number of nitrogens with zero attached hydrogens (tertiary/aromatic N) is 3. The van der Waals surface area contributed by atoms with Gasteiger partial charge in [-0.2, -0.15) is 0 Å². The first-order valence-corrected chi connectivity index (χ1v) is 8.68. The molecule has 2 aromatic rings. The van der Waals surface area contributed by atoms with E-state index in [1.807, 2.05) is 0 Å². The minimum Gasteiger partial charge on any atom is -0.357 e. The molecule has 1 aromatic carbocycles. The minimum absolute atomic E-state index is 0.0462.